The van der Waals surface area contributed by atoms with Crippen LogP contribution >= 0.6 is 0 Å². The van der Waals surface area contributed by atoms with Crippen molar-refractivity contribution < 1.29 is 4.74 Å². The summed E-state index contributed by atoms with van der Waals surface area (Å²) in [7, 11) is 1.75. The Morgan fingerprint density at radius 1 is 1.50 bits per heavy atom. The molecule has 0 unspecified atom stereocenters. The van der Waals surface area contributed by atoms with Crippen LogP contribution in [0.15, 0.2) is 6.07 Å². The van der Waals surface area contributed by atoms with E-state index >= 15 is 0 Å². The topological polar surface area (TPSA) is 39.1 Å². The van der Waals surface area contributed by atoms with Gasteiger partial charge in [-0.15, -0.1) is 0 Å². The van der Waals surface area contributed by atoms with Gasteiger partial charge in [0.15, 0.2) is 0 Å². The Balaban J connectivity index is 1.86. The van der Waals surface area contributed by atoms with Crippen LogP contribution in [0.4, 0.5) is 0 Å². The third kappa shape index (κ3) is 3.33. The number of nitrogens with zero attached hydrogens (tertiary/aromatic N) is 2. The van der Waals surface area contributed by atoms with E-state index in [2.05, 4.69) is 41.9 Å². The molecule has 0 aromatic carbocycles. The van der Waals surface area contributed by atoms with E-state index < -0.39 is 0 Å². The first-order valence-corrected chi connectivity index (χ1v) is 6.78. The molecule has 0 saturated heterocycles. The molecule has 1 aliphatic rings. The average Bonchev–Trinajstić information content (AvgIpc) is 2.99. The van der Waals surface area contributed by atoms with Crippen LogP contribution in [0.5, 0.6) is 0 Å². The highest BCUT2D eigenvalue weighted by molar-refractivity contribution is 5.08. The van der Waals surface area contributed by atoms with Crippen LogP contribution in [0.1, 0.15) is 31.2 Å². The summed E-state index contributed by atoms with van der Waals surface area (Å²) in [6.45, 7) is 9.24. The molecule has 4 nitrogen and oxygen atoms in total. The molecule has 18 heavy (non-hydrogen) atoms. The van der Waals surface area contributed by atoms with Gasteiger partial charge in [0.2, 0.25) is 0 Å². The minimum absolute atomic E-state index is 0.422. The van der Waals surface area contributed by atoms with Gasteiger partial charge in [-0.25, -0.2) is 0 Å². The van der Waals surface area contributed by atoms with Crippen molar-refractivity contribution in [1.82, 2.24) is 15.1 Å². The number of hydrogen-bond donors (Lipinski definition) is 1. The SMILES string of the molecule is COC[C@@H](C)NCC1(Cn2nc(C)cc2C)CC1. The molecule has 1 fully saturated rings. The number of ether oxygens (including phenoxy) is 1. The molecular formula is C14H25N3O. The molecule has 1 atom stereocenters. The Morgan fingerprint density at radius 3 is 2.72 bits per heavy atom. The van der Waals surface area contributed by atoms with Crippen molar-refractivity contribution in [2.75, 3.05) is 20.3 Å². The van der Waals surface area contributed by atoms with Gasteiger partial charge in [-0.2, -0.15) is 5.10 Å². The van der Waals surface area contributed by atoms with Gasteiger partial charge in [0.1, 0.15) is 0 Å². The van der Waals surface area contributed by atoms with Crippen molar-refractivity contribution in [1.29, 1.82) is 0 Å². The van der Waals surface area contributed by atoms with Crippen molar-refractivity contribution in [2.45, 2.75) is 46.2 Å². The van der Waals surface area contributed by atoms with Gasteiger partial charge >= 0.3 is 0 Å². The molecule has 1 heterocycles. The summed E-state index contributed by atoms with van der Waals surface area (Å²) >= 11 is 0. The van der Waals surface area contributed by atoms with Crippen molar-refractivity contribution in [3.8, 4) is 0 Å². The fraction of sp³-hybridized carbons (Fsp3) is 0.786. The summed E-state index contributed by atoms with van der Waals surface area (Å²) in [5.74, 6) is 0. The number of aryl methyl sites for hydroxylation is 2. The van der Waals surface area contributed by atoms with Crippen molar-refractivity contribution >= 4 is 0 Å². The number of aromatic nitrogens is 2. The van der Waals surface area contributed by atoms with Crippen LogP contribution in [0.2, 0.25) is 0 Å². The van der Waals surface area contributed by atoms with Crippen LogP contribution < -0.4 is 5.32 Å². The fourth-order valence-corrected chi connectivity index (χ4v) is 2.42. The lowest BCUT2D eigenvalue weighted by Crippen LogP contribution is -2.36. The molecular weight excluding hydrogens is 226 g/mol. The lowest BCUT2D eigenvalue weighted by atomic mass is 10.1. The van der Waals surface area contributed by atoms with Crippen LogP contribution in [0.25, 0.3) is 0 Å². The number of nitrogens with one attached hydrogen (secondary N) is 1. The number of hydrogen-bond acceptors (Lipinski definition) is 3. The minimum atomic E-state index is 0.422. The molecule has 0 aliphatic heterocycles. The van der Waals surface area contributed by atoms with E-state index in [4.69, 9.17) is 4.74 Å². The normalized spacial score (nSPS) is 18.9. The molecule has 1 aromatic rings. The predicted molar refractivity (Wildman–Crippen MR) is 72.7 cm³/mol. The second-order valence-corrected chi connectivity index (χ2v) is 5.82. The maximum atomic E-state index is 5.15. The first-order valence-electron chi connectivity index (χ1n) is 6.78. The third-order valence-electron chi connectivity index (χ3n) is 3.79. The first-order chi connectivity index (χ1) is 8.54. The van der Waals surface area contributed by atoms with E-state index in [1.165, 1.54) is 18.5 Å². The largest absolute Gasteiger partial charge is 0.383 e. The zero-order chi connectivity index (χ0) is 13.2. The highest BCUT2D eigenvalue weighted by Gasteiger charge is 2.43. The van der Waals surface area contributed by atoms with Gasteiger partial charge in [0, 0.05) is 37.4 Å². The summed E-state index contributed by atoms with van der Waals surface area (Å²) in [5.41, 5.74) is 2.80. The molecule has 4 heteroatoms. The van der Waals surface area contributed by atoms with Gasteiger partial charge in [-0.1, -0.05) is 0 Å². The number of methoxy groups -OCH3 is 1. The Labute approximate surface area is 110 Å². The van der Waals surface area contributed by atoms with E-state index in [-0.39, 0.29) is 0 Å². The molecule has 0 bridgehead atoms. The Bertz CT molecular complexity index is 396. The highest BCUT2D eigenvalue weighted by Crippen LogP contribution is 2.46. The molecule has 102 valence electrons. The van der Waals surface area contributed by atoms with E-state index in [1.54, 1.807) is 7.11 Å². The van der Waals surface area contributed by atoms with Gasteiger partial charge < -0.3 is 10.1 Å². The van der Waals surface area contributed by atoms with Gasteiger partial charge in [0.25, 0.3) is 0 Å². The zero-order valence-corrected chi connectivity index (χ0v) is 12.0. The molecule has 1 N–H and O–H groups in total. The van der Waals surface area contributed by atoms with E-state index in [0.29, 0.717) is 11.5 Å². The molecule has 0 radical (unpaired) electrons. The van der Waals surface area contributed by atoms with Crippen LogP contribution in [0, 0.1) is 19.3 Å². The lowest BCUT2D eigenvalue weighted by Gasteiger charge is -2.20. The van der Waals surface area contributed by atoms with Crippen LogP contribution in [-0.4, -0.2) is 36.1 Å². The van der Waals surface area contributed by atoms with E-state index in [0.717, 1.165) is 25.4 Å². The molecule has 1 saturated carbocycles. The van der Waals surface area contributed by atoms with Crippen molar-refractivity contribution in [3.63, 3.8) is 0 Å². The summed E-state index contributed by atoms with van der Waals surface area (Å²) in [5, 5.41) is 8.13. The monoisotopic (exact) mass is 251 g/mol. The molecule has 0 spiro atoms. The maximum Gasteiger partial charge on any atom is 0.0613 e. The molecule has 1 aromatic heterocycles. The lowest BCUT2D eigenvalue weighted by molar-refractivity contribution is 0.167. The Hall–Kier alpha value is -0.870. The zero-order valence-electron chi connectivity index (χ0n) is 12.0. The quantitative estimate of drug-likeness (QED) is 0.804. The first kappa shape index (κ1) is 13.6. The van der Waals surface area contributed by atoms with E-state index in [9.17, 15) is 0 Å². The molecule has 0 amide bonds. The van der Waals surface area contributed by atoms with Crippen molar-refractivity contribution in [3.05, 3.63) is 17.5 Å². The molecule has 2 rings (SSSR count). The summed E-state index contributed by atoms with van der Waals surface area (Å²) in [6, 6.07) is 2.57. The second-order valence-electron chi connectivity index (χ2n) is 5.82. The van der Waals surface area contributed by atoms with Crippen molar-refractivity contribution in [2.24, 2.45) is 5.41 Å². The number of rotatable bonds is 7. The summed E-state index contributed by atoms with van der Waals surface area (Å²) < 4.78 is 7.31. The Morgan fingerprint density at radius 2 is 2.22 bits per heavy atom. The third-order valence-corrected chi connectivity index (χ3v) is 3.79. The average molecular weight is 251 g/mol. The summed E-state index contributed by atoms with van der Waals surface area (Å²) in [6.07, 6.45) is 2.61. The van der Waals surface area contributed by atoms with Gasteiger partial charge in [-0.3, -0.25) is 4.68 Å². The fourth-order valence-electron chi connectivity index (χ4n) is 2.42. The highest BCUT2D eigenvalue weighted by atomic mass is 16.5. The standard InChI is InChI=1S/C14H25N3O/c1-11-7-13(3)17(16-11)10-14(5-6-14)9-15-12(2)8-18-4/h7,12,15H,5-6,8-10H2,1-4H3/t12-/m1/s1. The van der Waals surface area contributed by atoms with Gasteiger partial charge in [-0.05, 0) is 39.7 Å². The minimum Gasteiger partial charge on any atom is -0.383 e. The molecule has 1 aliphatic carbocycles. The van der Waals surface area contributed by atoms with E-state index in [1.807, 2.05) is 0 Å². The maximum absolute atomic E-state index is 5.15. The Kier molecular flexibility index (Phi) is 4.07. The van der Waals surface area contributed by atoms with Gasteiger partial charge in [0.05, 0.1) is 12.3 Å². The summed E-state index contributed by atoms with van der Waals surface area (Å²) in [4.78, 5) is 0. The predicted octanol–water partition coefficient (Wildman–Crippen LogP) is 1.90. The second kappa shape index (κ2) is 5.41. The van der Waals surface area contributed by atoms with Crippen LogP contribution in [-0.2, 0) is 11.3 Å². The smallest absolute Gasteiger partial charge is 0.0613 e. The van der Waals surface area contributed by atoms with Crippen LogP contribution in [0.3, 0.4) is 0 Å².